The lowest BCUT2D eigenvalue weighted by molar-refractivity contribution is -0.136. The van der Waals surface area contributed by atoms with E-state index >= 15 is 0 Å². The fraction of sp³-hybridized carbons (Fsp3) is 0.417. The van der Waals surface area contributed by atoms with Gasteiger partial charge in [0.15, 0.2) is 6.10 Å². The first kappa shape index (κ1) is 23.3. The second-order valence-corrected chi connectivity index (χ2v) is 10.6. The first-order valence-electron chi connectivity index (χ1n) is 11.1. The van der Waals surface area contributed by atoms with Gasteiger partial charge in [-0.15, -0.1) is 0 Å². The van der Waals surface area contributed by atoms with Crippen molar-refractivity contribution in [2.24, 2.45) is 5.92 Å². The summed E-state index contributed by atoms with van der Waals surface area (Å²) >= 11 is 0. The molecule has 0 unspecified atom stereocenters. The Morgan fingerprint density at radius 3 is 2.52 bits per heavy atom. The summed E-state index contributed by atoms with van der Waals surface area (Å²) in [4.78, 5) is 26.6. The molecule has 2 amide bonds. The van der Waals surface area contributed by atoms with E-state index in [9.17, 15) is 18.0 Å². The van der Waals surface area contributed by atoms with E-state index in [1.807, 2.05) is 30.3 Å². The molecule has 0 aliphatic carbocycles. The highest BCUT2D eigenvalue weighted by molar-refractivity contribution is 7.89. The molecule has 1 N–H and O–H groups in total. The summed E-state index contributed by atoms with van der Waals surface area (Å²) in [7, 11) is -1.97. The van der Waals surface area contributed by atoms with Crippen molar-refractivity contribution in [2.75, 3.05) is 25.5 Å². The van der Waals surface area contributed by atoms with E-state index in [0.717, 1.165) is 5.56 Å². The van der Waals surface area contributed by atoms with E-state index in [4.69, 9.17) is 4.74 Å². The minimum absolute atomic E-state index is 0.0407. The van der Waals surface area contributed by atoms with Crippen molar-refractivity contribution in [2.45, 2.75) is 44.2 Å². The summed E-state index contributed by atoms with van der Waals surface area (Å²) in [6.45, 7) is 4.40. The Balaban J connectivity index is 1.43. The molecule has 2 aliphatic rings. The second-order valence-electron chi connectivity index (χ2n) is 8.72. The number of piperidine rings is 1. The molecule has 0 saturated carbocycles. The van der Waals surface area contributed by atoms with Gasteiger partial charge in [-0.1, -0.05) is 30.3 Å². The number of fused-ring (bicyclic) bond motifs is 1. The molecule has 2 aliphatic heterocycles. The molecular weight excluding hydrogens is 442 g/mol. The smallest absolute Gasteiger partial charge is 0.265 e. The lowest BCUT2D eigenvalue weighted by Crippen LogP contribution is -2.43. The number of rotatable bonds is 5. The van der Waals surface area contributed by atoms with Crippen molar-refractivity contribution < 1.29 is 22.7 Å². The fourth-order valence-electron chi connectivity index (χ4n) is 4.35. The predicted molar refractivity (Wildman–Crippen MR) is 124 cm³/mol. The summed E-state index contributed by atoms with van der Waals surface area (Å²) in [6.07, 6.45) is 0.264. The van der Waals surface area contributed by atoms with E-state index < -0.39 is 16.1 Å². The Morgan fingerprint density at radius 1 is 1.18 bits per heavy atom. The molecule has 8 nitrogen and oxygen atoms in total. The molecule has 2 aromatic rings. The molecule has 2 aromatic carbocycles. The van der Waals surface area contributed by atoms with Crippen LogP contribution < -0.4 is 10.1 Å². The molecule has 2 heterocycles. The average Bonchev–Trinajstić information content (AvgIpc) is 2.80. The van der Waals surface area contributed by atoms with Crippen LogP contribution in [0, 0.1) is 12.8 Å². The number of nitrogens with one attached hydrogen (secondary N) is 1. The van der Waals surface area contributed by atoms with Crippen LogP contribution in [0.25, 0.3) is 0 Å². The zero-order chi connectivity index (χ0) is 23.8. The fourth-order valence-corrected chi connectivity index (χ4v) is 6.04. The van der Waals surface area contributed by atoms with E-state index in [0.29, 0.717) is 36.4 Å². The SMILES string of the molecule is Cc1cc2c(cc1S(=O)(=O)N1CCC(C(=O)N(C)Cc3ccccc3)CC1)O[C@H](C)C(=O)N2. The van der Waals surface area contributed by atoms with E-state index in [-0.39, 0.29) is 35.7 Å². The van der Waals surface area contributed by atoms with Crippen LogP contribution in [0.3, 0.4) is 0 Å². The summed E-state index contributed by atoms with van der Waals surface area (Å²) in [5.74, 6) is -0.0754. The highest BCUT2D eigenvalue weighted by Crippen LogP contribution is 2.36. The minimum atomic E-state index is -3.76. The molecule has 1 saturated heterocycles. The van der Waals surface area contributed by atoms with Gasteiger partial charge >= 0.3 is 0 Å². The summed E-state index contributed by atoms with van der Waals surface area (Å²) in [6, 6.07) is 12.9. The number of carbonyl (C=O) groups excluding carboxylic acids is 2. The maximum Gasteiger partial charge on any atom is 0.265 e. The Kier molecular flexibility index (Phi) is 6.45. The third kappa shape index (κ3) is 4.74. The van der Waals surface area contributed by atoms with Gasteiger partial charge in [-0.2, -0.15) is 4.31 Å². The van der Waals surface area contributed by atoms with Crippen molar-refractivity contribution in [3.05, 3.63) is 53.6 Å². The lowest BCUT2D eigenvalue weighted by Gasteiger charge is -2.33. The van der Waals surface area contributed by atoms with Crippen molar-refractivity contribution in [3.8, 4) is 5.75 Å². The second kappa shape index (κ2) is 9.15. The summed E-state index contributed by atoms with van der Waals surface area (Å²) in [5, 5.41) is 2.74. The Morgan fingerprint density at radius 2 is 1.85 bits per heavy atom. The molecule has 1 atom stereocenters. The zero-order valence-corrected chi connectivity index (χ0v) is 19.9. The van der Waals surface area contributed by atoms with Gasteiger partial charge in [0.25, 0.3) is 5.91 Å². The molecule has 0 radical (unpaired) electrons. The molecular formula is C24H29N3O5S. The van der Waals surface area contributed by atoms with E-state index in [1.165, 1.54) is 10.4 Å². The van der Waals surface area contributed by atoms with E-state index in [2.05, 4.69) is 5.32 Å². The van der Waals surface area contributed by atoms with Crippen LogP contribution in [-0.2, 0) is 26.2 Å². The number of benzene rings is 2. The maximum absolute atomic E-state index is 13.4. The standard InChI is InChI=1S/C24H29N3O5S/c1-16-13-20-21(32-17(2)23(28)25-20)14-22(16)33(30,31)27-11-9-19(10-12-27)24(29)26(3)15-18-7-5-4-6-8-18/h4-8,13-14,17,19H,9-12,15H2,1-3H3,(H,25,28)/t17-/m1/s1. The topological polar surface area (TPSA) is 96.0 Å². The van der Waals surface area contributed by atoms with Crippen LogP contribution in [0.2, 0.25) is 0 Å². The number of nitrogens with zero attached hydrogens (tertiary/aromatic N) is 2. The molecule has 4 rings (SSSR count). The Hall–Kier alpha value is -2.91. The number of carbonyl (C=O) groups is 2. The predicted octanol–water partition coefficient (Wildman–Crippen LogP) is 2.77. The van der Waals surface area contributed by atoms with Gasteiger partial charge in [0.05, 0.1) is 10.6 Å². The van der Waals surface area contributed by atoms with Crippen LogP contribution >= 0.6 is 0 Å². The Labute approximate surface area is 194 Å². The lowest BCUT2D eigenvalue weighted by atomic mass is 9.96. The number of amides is 2. The van der Waals surface area contributed by atoms with Gasteiger partial charge in [0.2, 0.25) is 15.9 Å². The van der Waals surface area contributed by atoms with Crippen LogP contribution in [-0.4, -0.2) is 55.7 Å². The first-order valence-corrected chi connectivity index (χ1v) is 12.5. The Bertz CT molecular complexity index is 1160. The number of ether oxygens (including phenoxy) is 1. The minimum Gasteiger partial charge on any atom is -0.479 e. The van der Waals surface area contributed by atoms with E-state index in [1.54, 1.807) is 31.9 Å². The largest absolute Gasteiger partial charge is 0.479 e. The molecule has 0 aromatic heterocycles. The van der Waals surface area contributed by atoms with Gasteiger partial charge in [0, 0.05) is 38.7 Å². The number of anilines is 1. The van der Waals surface area contributed by atoms with Crippen LogP contribution in [0.4, 0.5) is 5.69 Å². The molecule has 1 fully saturated rings. The third-order valence-corrected chi connectivity index (χ3v) is 8.31. The summed E-state index contributed by atoms with van der Waals surface area (Å²) in [5.41, 5.74) is 2.07. The number of sulfonamides is 1. The maximum atomic E-state index is 13.4. The molecule has 0 bridgehead atoms. The molecule has 33 heavy (non-hydrogen) atoms. The van der Waals surface area contributed by atoms with Gasteiger partial charge in [0.1, 0.15) is 5.75 Å². The van der Waals surface area contributed by atoms with Crippen molar-refractivity contribution in [3.63, 3.8) is 0 Å². The van der Waals surface area contributed by atoms with Gasteiger partial charge in [-0.3, -0.25) is 9.59 Å². The zero-order valence-electron chi connectivity index (χ0n) is 19.1. The van der Waals surface area contributed by atoms with Crippen LogP contribution in [0.15, 0.2) is 47.4 Å². The normalized spacial score (nSPS) is 19.4. The van der Waals surface area contributed by atoms with Gasteiger partial charge in [-0.25, -0.2) is 8.42 Å². The van der Waals surface area contributed by atoms with Crippen molar-refractivity contribution in [1.29, 1.82) is 0 Å². The van der Waals surface area contributed by atoms with Crippen molar-refractivity contribution in [1.82, 2.24) is 9.21 Å². The monoisotopic (exact) mass is 471 g/mol. The van der Waals surface area contributed by atoms with Gasteiger partial charge < -0.3 is 15.0 Å². The molecule has 9 heteroatoms. The number of aryl methyl sites for hydroxylation is 1. The van der Waals surface area contributed by atoms with Crippen LogP contribution in [0.1, 0.15) is 30.9 Å². The molecule has 176 valence electrons. The first-order chi connectivity index (χ1) is 15.7. The highest BCUT2D eigenvalue weighted by Gasteiger charge is 2.35. The quantitative estimate of drug-likeness (QED) is 0.724. The van der Waals surface area contributed by atoms with Crippen LogP contribution in [0.5, 0.6) is 5.75 Å². The average molecular weight is 472 g/mol. The van der Waals surface area contributed by atoms with Crippen molar-refractivity contribution >= 4 is 27.5 Å². The number of hydrogen-bond donors (Lipinski definition) is 1. The highest BCUT2D eigenvalue weighted by atomic mass is 32.2. The third-order valence-electron chi connectivity index (χ3n) is 6.27. The van der Waals surface area contributed by atoms with Gasteiger partial charge in [-0.05, 0) is 43.9 Å². The summed E-state index contributed by atoms with van der Waals surface area (Å²) < 4.78 is 33.8. The molecule has 0 spiro atoms. The number of hydrogen-bond acceptors (Lipinski definition) is 5.